The number of hydrogen-bond donors (Lipinski definition) is 2. The number of rotatable bonds is 8. The number of methoxy groups -OCH3 is 1. The number of amides is 3. The number of nitrogens with zero attached hydrogens (tertiary/aromatic N) is 4. The largest absolute Gasteiger partial charge is 0.497 e. The zero-order valence-corrected chi connectivity index (χ0v) is 20.5. The fourth-order valence-electron chi connectivity index (χ4n) is 4.08. The number of aromatic nitrogens is 2. The Hall–Kier alpha value is -4.91. The Balaban J connectivity index is 1.63. The van der Waals surface area contributed by atoms with Gasteiger partial charge < -0.3 is 19.9 Å². The number of fused-ring (bicyclic) bond motifs is 1. The van der Waals surface area contributed by atoms with E-state index in [1.165, 1.54) is 0 Å². The molecule has 1 aliphatic carbocycles. The van der Waals surface area contributed by atoms with Crippen molar-refractivity contribution in [1.82, 2.24) is 9.55 Å². The van der Waals surface area contributed by atoms with Crippen LogP contribution in [0.15, 0.2) is 66.5 Å². The minimum atomic E-state index is -0.488. The summed E-state index contributed by atoms with van der Waals surface area (Å²) in [6.07, 6.45) is 6.16. The summed E-state index contributed by atoms with van der Waals surface area (Å²) in [5, 5.41) is 11.8. The van der Waals surface area contributed by atoms with Gasteiger partial charge >= 0.3 is 0 Å². The summed E-state index contributed by atoms with van der Waals surface area (Å²) >= 11 is 0. The van der Waals surface area contributed by atoms with E-state index in [0.717, 1.165) is 0 Å². The van der Waals surface area contributed by atoms with Crippen molar-refractivity contribution in [3.63, 3.8) is 0 Å². The molecule has 10 nitrogen and oxygen atoms in total. The Morgan fingerprint density at radius 3 is 2.68 bits per heavy atom. The van der Waals surface area contributed by atoms with Gasteiger partial charge in [-0.25, -0.2) is 4.98 Å². The number of nitrogens with two attached hydrogens (primary N) is 1. The molecule has 1 atom stereocenters. The quantitative estimate of drug-likeness (QED) is 0.488. The number of imidazole rings is 1. The lowest BCUT2D eigenvalue weighted by Crippen LogP contribution is -2.32. The van der Waals surface area contributed by atoms with E-state index < -0.39 is 11.8 Å². The van der Waals surface area contributed by atoms with Crippen LogP contribution in [0.2, 0.25) is 0 Å². The molecule has 4 rings (SSSR count). The predicted molar refractivity (Wildman–Crippen MR) is 138 cm³/mol. The molecule has 0 radical (unpaired) electrons. The van der Waals surface area contributed by atoms with Crippen LogP contribution in [-0.4, -0.2) is 41.4 Å². The van der Waals surface area contributed by atoms with Gasteiger partial charge in [-0.2, -0.15) is 5.26 Å². The van der Waals surface area contributed by atoms with E-state index in [9.17, 15) is 14.4 Å². The van der Waals surface area contributed by atoms with Crippen molar-refractivity contribution in [1.29, 1.82) is 5.26 Å². The van der Waals surface area contributed by atoms with E-state index in [-0.39, 0.29) is 30.7 Å². The number of anilines is 2. The third-order valence-electron chi connectivity index (χ3n) is 6.12. The molecule has 3 N–H and O–H groups in total. The summed E-state index contributed by atoms with van der Waals surface area (Å²) in [4.78, 5) is 43.6. The topological polar surface area (TPSA) is 143 Å². The average Bonchev–Trinajstić information content (AvgIpc) is 3.26. The van der Waals surface area contributed by atoms with E-state index in [1.807, 2.05) is 18.2 Å². The highest BCUT2D eigenvalue weighted by Gasteiger charge is 2.24. The zero-order valence-electron chi connectivity index (χ0n) is 20.5. The molecule has 3 amide bonds. The second-order valence-electron chi connectivity index (χ2n) is 8.53. The molecule has 188 valence electrons. The van der Waals surface area contributed by atoms with Gasteiger partial charge in [0.15, 0.2) is 0 Å². The molecule has 0 aliphatic heterocycles. The van der Waals surface area contributed by atoms with Gasteiger partial charge in [0, 0.05) is 31.3 Å². The van der Waals surface area contributed by atoms with Gasteiger partial charge in [0.2, 0.25) is 17.8 Å². The number of carbonyl (C=O) groups is 3. The van der Waals surface area contributed by atoms with Crippen molar-refractivity contribution in [2.24, 2.45) is 11.7 Å². The summed E-state index contributed by atoms with van der Waals surface area (Å²) in [7, 11) is 3.26. The molecule has 0 bridgehead atoms. The van der Waals surface area contributed by atoms with E-state index in [4.69, 9.17) is 15.7 Å². The van der Waals surface area contributed by atoms with Crippen molar-refractivity contribution in [3.05, 3.63) is 77.6 Å². The van der Waals surface area contributed by atoms with E-state index in [1.54, 1.807) is 72.2 Å². The fraction of sp³-hybridized carbons (Fsp3) is 0.222. The molecular formula is C27H26N6O4. The SMILES string of the molecule is COC1=CC(C(=O)N(C)c2ccc3c(c2)nc(NC(=O)c2ccc(C#N)cc2)n3CCC(N)=O)CC=C1. The highest BCUT2D eigenvalue weighted by Crippen LogP contribution is 2.28. The van der Waals surface area contributed by atoms with Crippen LogP contribution in [0.1, 0.15) is 28.8 Å². The number of carbonyl (C=O) groups excluding carboxylic acids is 3. The van der Waals surface area contributed by atoms with E-state index in [0.29, 0.717) is 40.0 Å². The number of allylic oxidation sites excluding steroid dienone is 2. The summed E-state index contributed by atoms with van der Waals surface area (Å²) in [6, 6.07) is 13.5. The number of ether oxygens (including phenoxy) is 1. The van der Waals surface area contributed by atoms with Crippen LogP contribution in [0.5, 0.6) is 0 Å². The van der Waals surface area contributed by atoms with Gasteiger partial charge in [-0.3, -0.25) is 19.7 Å². The van der Waals surface area contributed by atoms with Crippen LogP contribution in [0.4, 0.5) is 11.6 Å². The second-order valence-corrected chi connectivity index (χ2v) is 8.53. The highest BCUT2D eigenvalue weighted by atomic mass is 16.5. The Morgan fingerprint density at radius 1 is 1.24 bits per heavy atom. The lowest BCUT2D eigenvalue weighted by atomic mass is 9.98. The molecule has 2 aromatic carbocycles. The van der Waals surface area contributed by atoms with E-state index >= 15 is 0 Å². The van der Waals surface area contributed by atoms with Gasteiger partial charge in [0.25, 0.3) is 5.91 Å². The first-order valence-electron chi connectivity index (χ1n) is 11.6. The Morgan fingerprint density at radius 2 is 2.00 bits per heavy atom. The Kier molecular flexibility index (Phi) is 7.34. The third kappa shape index (κ3) is 5.51. The molecule has 3 aromatic rings. The van der Waals surface area contributed by atoms with Crippen LogP contribution in [-0.2, 0) is 20.9 Å². The smallest absolute Gasteiger partial charge is 0.257 e. The molecule has 1 aliphatic rings. The normalized spacial score (nSPS) is 14.5. The lowest BCUT2D eigenvalue weighted by molar-refractivity contribution is -0.121. The third-order valence-corrected chi connectivity index (χ3v) is 6.12. The molecule has 0 saturated carbocycles. The van der Waals surface area contributed by atoms with Crippen LogP contribution >= 0.6 is 0 Å². The molecular weight excluding hydrogens is 472 g/mol. The maximum atomic E-state index is 13.1. The van der Waals surface area contributed by atoms with Crippen molar-refractivity contribution >= 4 is 40.4 Å². The minimum absolute atomic E-state index is 0.0503. The zero-order chi connectivity index (χ0) is 26.5. The monoisotopic (exact) mass is 498 g/mol. The molecule has 1 heterocycles. The van der Waals surface area contributed by atoms with Gasteiger partial charge in [-0.15, -0.1) is 0 Å². The number of nitriles is 1. The maximum Gasteiger partial charge on any atom is 0.257 e. The number of aryl methyl sites for hydroxylation is 1. The highest BCUT2D eigenvalue weighted by molar-refractivity contribution is 6.04. The molecule has 0 fully saturated rings. The number of benzene rings is 2. The van der Waals surface area contributed by atoms with Gasteiger partial charge in [-0.05, 0) is 61.0 Å². The first-order valence-corrected chi connectivity index (χ1v) is 11.6. The number of hydrogen-bond acceptors (Lipinski definition) is 6. The Labute approximate surface area is 213 Å². The first-order chi connectivity index (χ1) is 17.8. The second kappa shape index (κ2) is 10.8. The van der Waals surface area contributed by atoms with Gasteiger partial charge in [-0.1, -0.05) is 6.08 Å². The van der Waals surface area contributed by atoms with Crippen molar-refractivity contribution in [3.8, 4) is 6.07 Å². The predicted octanol–water partition coefficient (Wildman–Crippen LogP) is 3.10. The van der Waals surface area contributed by atoms with Crippen molar-refractivity contribution in [2.75, 3.05) is 24.4 Å². The van der Waals surface area contributed by atoms with Crippen LogP contribution in [0.3, 0.4) is 0 Å². The first kappa shape index (κ1) is 25.2. The number of primary amides is 1. The molecule has 0 saturated heterocycles. The summed E-state index contributed by atoms with van der Waals surface area (Å²) in [5.74, 6) is -0.472. The summed E-state index contributed by atoms with van der Waals surface area (Å²) in [6.45, 7) is 0.210. The molecule has 0 spiro atoms. The minimum Gasteiger partial charge on any atom is -0.497 e. The molecule has 1 unspecified atom stereocenters. The van der Waals surface area contributed by atoms with Crippen molar-refractivity contribution < 1.29 is 19.1 Å². The average molecular weight is 499 g/mol. The van der Waals surface area contributed by atoms with Crippen LogP contribution < -0.4 is 16.0 Å². The van der Waals surface area contributed by atoms with Gasteiger partial charge in [0.05, 0.1) is 35.7 Å². The molecule has 1 aromatic heterocycles. The van der Waals surface area contributed by atoms with Crippen molar-refractivity contribution in [2.45, 2.75) is 19.4 Å². The molecule has 37 heavy (non-hydrogen) atoms. The van der Waals surface area contributed by atoms with Crippen LogP contribution in [0.25, 0.3) is 11.0 Å². The fourth-order valence-corrected chi connectivity index (χ4v) is 4.08. The van der Waals surface area contributed by atoms with Crippen LogP contribution in [0, 0.1) is 17.2 Å². The molecule has 10 heteroatoms. The lowest BCUT2D eigenvalue weighted by Gasteiger charge is -2.23. The number of nitrogens with one attached hydrogen (secondary N) is 1. The van der Waals surface area contributed by atoms with E-state index in [2.05, 4.69) is 10.3 Å². The van der Waals surface area contributed by atoms with Gasteiger partial charge in [0.1, 0.15) is 5.76 Å². The summed E-state index contributed by atoms with van der Waals surface area (Å²) in [5.41, 5.74) is 7.99. The summed E-state index contributed by atoms with van der Waals surface area (Å²) < 4.78 is 6.96. The maximum absolute atomic E-state index is 13.1. The Bertz CT molecular complexity index is 1460. The standard InChI is InChI=1S/C27H26N6O4/c1-32(26(36)19-4-3-5-21(14-19)37-2)20-10-11-23-22(15-20)30-27(33(23)13-12-24(29)34)31-25(35)18-8-6-17(16-28)7-9-18/h3,5-11,14-15,19H,4,12-13H2,1-2H3,(H2,29,34)(H,30,31,35).